The number of allylic oxidation sites excluding steroid dienone is 2. The molecule has 0 bridgehead atoms. The zero-order valence-electron chi connectivity index (χ0n) is 12.3. The van der Waals surface area contributed by atoms with E-state index in [0.717, 1.165) is 22.7 Å². The molecule has 1 aliphatic carbocycles. The summed E-state index contributed by atoms with van der Waals surface area (Å²) in [4.78, 5) is 11.1. The molecule has 0 amide bonds. The molecule has 0 saturated heterocycles. The van der Waals surface area contributed by atoms with Gasteiger partial charge >= 0.3 is 0 Å². The number of aromatic carboxylic acids is 1. The summed E-state index contributed by atoms with van der Waals surface area (Å²) in [5.41, 5.74) is 3.45. The fourth-order valence-corrected chi connectivity index (χ4v) is 3.85. The molecule has 2 aromatic carbocycles. The number of halogens is 1. The van der Waals surface area contributed by atoms with Gasteiger partial charge in [0, 0.05) is 16.6 Å². The van der Waals surface area contributed by atoms with Gasteiger partial charge in [0.15, 0.2) is 0 Å². The minimum Gasteiger partial charge on any atom is -0.545 e. The molecule has 0 fully saturated rings. The Morgan fingerprint density at radius 2 is 1.96 bits per heavy atom. The van der Waals surface area contributed by atoms with Crippen LogP contribution in [0.15, 0.2) is 54.6 Å². The minimum atomic E-state index is -1.13. The average molecular weight is 325 g/mol. The molecule has 1 N–H and O–H groups in total. The molecule has 0 unspecified atom stereocenters. The quantitative estimate of drug-likeness (QED) is 0.860. The lowest BCUT2D eigenvalue weighted by atomic mass is 9.76. The maximum atomic E-state index is 11.1. The average Bonchev–Trinajstić information content (AvgIpc) is 3.04. The van der Waals surface area contributed by atoms with Crippen LogP contribution in [0.1, 0.15) is 39.9 Å². The van der Waals surface area contributed by atoms with E-state index >= 15 is 0 Å². The molecule has 3 nitrogen and oxygen atoms in total. The maximum Gasteiger partial charge on any atom is 0.0715 e. The number of anilines is 1. The number of carbonyl (C=O) groups excluding carboxylic acids is 1. The second kappa shape index (κ2) is 5.43. The first-order valence-corrected chi connectivity index (χ1v) is 8.05. The first kappa shape index (κ1) is 14.3. The van der Waals surface area contributed by atoms with E-state index in [-0.39, 0.29) is 17.5 Å². The van der Waals surface area contributed by atoms with Gasteiger partial charge in [0.2, 0.25) is 0 Å². The van der Waals surface area contributed by atoms with Crippen LogP contribution in [0.2, 0.25) is 5.02 Å². The van der Waals surface area contributed by atoms with E-state index in [1.807, 2.05) is 18.2 Å². The third-order valence-corrected chi connectivity index (χ3v) is 5.08. The zero-order chi connectivity index (χ0) is 16.0. The molecule has 23 heavy (non-hydrogen) atoms. The summed E-state index contributed by atoms with van der Waals surface area (Å²) in [6, 6.07) is 13.3. The normalized spacial score (nSPS) is 24.7. The standard InChI is InChI=1S/C19H16ClNO2/c20-13-7-4-11(5-8-13)18-15-3-1-2-14(15)16-10-12(19(22)23)6-9-17(16)21-18/h1-2,4-10,14-15,18,21H,3H2,(H,22,23)/p-1/t14-,15-,18-/m0/s1. The molecule has 1 heterocycles. The van der Waals surface area contributed by atoms with Crippen molar-refractivity contribution in [3.63, 3.8) is 0 Å². The summed E-state index contributed by atoms with van der Waals surface area (Å²) >= 11 is 6.00. The van der Waals surface area contributed by atoms with Gasteiger partial charge in [0.25, 0.3) is 0 Å². The van der Waals surface area contributed by atoms with Gasteiger partial charge in [-0.3, -0.25) is 0 Å². The van der Waals surface area contributed by atoms with Crippen LogP contribution < -0.4 is 10.4 Å². The van der Waals surface area contributed by atoms with Gasteiger partial charge < -0.3 is 15.2 Å². The number of hydrogen-bond donors (Lipinski definition) is 1. The number of benzene rings is 2. The topological polar surface area (TPSA) is 52.2 Å². The number of nitrogens with one attached hydrogen (secondary N) is 1. The number of hydrogen-bond acceptors (Lipinski definition) is 3. The number of carbonyl (C=O) groups is 1. The molecular weight excluding hydrogens is 310 g/mol. The molecular formula is C19H15ClNO2-. The highest BCUT2D eigenvalue weighted by Gasteiger charge is 2.37. The van der Waals surface area contributed by atoms with Crippen molar-refractivity contribution in [3.8, 4) is 0 Å². The molecule has 0 radical (unpaired) electrons. The summed E-state index contributed by atoms with van der Waals surface area (Å²) in [7, 11) is 0. The van der Waals surface area contributed by atoms with Crippen molar-refractivity contribution < 1.29 is 9.90 Å². The van der Waals surface area contributed by atoms with Gasteiger partial charge in [-0.25, -0.2) is 0 Å². The second-order valence-corrected chi connectivity index (χ2v) is 6.55. The zero-order valence-corrected chi connectivity index (χ0v) is 13.1. The van der Waals surface area contributed by atoms with Crippen molar-refractivity contribution in [2.24, 2.45) is 5.92 Å². The Labute approximate surface area is 139 Å². The summed E-state index contributed by atoms with van der Waals surface area (Å²) in [6.45, 7) is 0. The van der Waals surface area contributed by atoms with Crippen LogP contribution in [0.5, 0.6) is 0 Å². The van der Waals surface area contributed by atoms with Gasteiger partial charge in [-0.05, 0) is 53.3 Å². The summed E-state index contributed by atoms with van der Waals surface area (Å²) < 4.78 is 0. The van der Waals surface area contributed by atoms with Gasteiger partial charge in [0.05, 0.1) is 12.0 Å². The highest BCUT2D eigenvalue weighted by Crippen LogP contribution is 2.49. The predicted molar refractivity (Wildman–Crippen MR) is 88.6 cm³/mol. The van der Waals surface area contributed by atoms with Crippen molar-refractivity contribution in [2.75, 3.05) is 5.32 Å². The highest BCUT2D eigenvalue weighted by atomic mass is 35.5. The third kappa shape index (κ3) is 2.41. The van der Waals surface area contributed by atoms with E-state index in [4.69, 9.17) is 11.6 Å². The smallest absolute Gasteiger partial charge is 0.0715 e. The van der Waals surface area contributed by atoms with Crippen molar-refractivity contribution in [2.45, 2.75) is 18.4 Å². The largest absolute Gasteiger partial charge is 0.545 e. The van der Waals surface area contributed by atoms with E-state index < -0.39 is 5.97 Å². The summed E-state index contributed by atoms with van der Waals surface area (Å²) in [5.74, 6) is -0.530. The molecule has 0 spiro atoms. The first-order valence-electron chi connectivity index (χ1n) is 7.67. The Bertz CT molecular complexity index is 798. The van der Waals surface area contributed by atoms with Crippen molar-refractivity contribution in [1.29, 1.82) is 0 Å². The molecule has 2 aliphatic rings. The molecule has 116 valence electrons. The van der Waals surface area contributed by atoms with Gasteiger partial charge in [-0.15, -0.1) is 0 Å². The molecule has 3 atom stereocenters. The van der Waals surface area contributed by atoms with Gasteiger partial charge in [-0.1, -0.05) is 42.0 Å². The predicted octanol–water partition coefficient (Wildman–Crippen LogP) is 3.53. The maximum absolute atomic E-state index is 11.1. The number of rotatable bonds is 2. The Morgan fingerprint density at radius 1 is 1.17 bits per heavy atom. The SMILES string of the molecule is O=C([O-])c1ccc2c(c1)[C@H]1C=CC[C@@H]1[C@H](c1ccc(Cl)cc1)N2. The van der Waals surface area contributed by atoms with Crippen LogP contribution in [0.25, 0.3) is 0 Å². The molecule has 0 saturated carbocycles. The molecule has 4 rings (SSSR count). The number of carboxylic acid groups (broad SMARTS) is 1. The van der Waals surface area contributed by atoms with E-state index in [0.29, 0.717) is 5.92 Å². The lowest BCUT2D eigenvalue weighted by Gasteiger charge is -2.37. The van der Waals surface area contributed by atoms with Crippen molar-refractivity contribution in [3.05, 3.63) is 76.3 Å². The van der Waals surface area contributed by atoms with Crippen LogP contribution >= 0.6 is 11.6 Å². The fraction of sp³-hybridized carbons (Fsp3) is 0.211. The minimum absolute atomic E-state index is 0.188. The van der Waals surface area contributed by atoms with E-state index in [9.17, 15) is 9.90 Å². The van der Waals surface area contributed by atoms with Crippen LogP contribution in [0, 0.1) is 5.92 Å². The third-order valence-electron chi connectivity index (χ3n) is 4.83. The second-order valence-electron chi connectivity index (χ2n) is 6.12. The molecule has 0 aromatic heterocycles. The highest BCUT2D eigenvalue weighted by molar-refractivity contribution is 6.30. The Balaban J connectivity index is 1.77. The van der Waals surface area contributed by atoms with Gasteiger partial charge in [0.1, 0.15) is 0 Å². The van der Waals surface area contributed by atoms with Crippen LogP contribution in [0.3, 0.4) is 0 Å². The number of fused-ring (bicyclic) bond motifs is 3. The van der Waals surface area contributed by atoms with Crippen LogP contribution in [-0.4, -0.2) is 5.97 Å². The van der Waals surface area contributed by atoms with E-state index in [1.54, 1.807) is 12.1 Å². The summed E-state index contributed by atoms with van der Waals surface area (Å²) in [5, 5.41) is 15.4. The number of carboxylic acids is 1. The van der Waals surface area contributed by atoms with Crippen molar-refractivity contribution in [1.82, 2.24) is 0 Å². The fourth-order valence-electron chi connectivity index (χ4n) is 3.72. The lowest BCUT2D eigenvalue weighted by molar-refractivity contribution is -0.255. The molecule has 2 aromatic rings. The summed E-state index contributed by atoms with van der Waals surface area (Å²) in [6.07, 6.45) is 5.34. The van der Waals surface area contributed by atoms with Crippen LogP contribution in [-0.2, 0) is 0 Å². The monoisotopic (exact) mass is 324 g/mol. The van der Waals surface area contributed by atoms with Gasteiger partial charge in [-0.2, -0.15) is 0 Å². The van der Waals surface area contributed by atoms with E-state index in [2.05, 4.69) is 29.6 Å². The lowest BCUT2D eigenvalue weighted by Crippen LogP contribution is -2.30. The Morgan fingerprint density at radius 3 is 2.70 bits per heavy atom. The Kier molecular flexibility index (Phi) is 3.38. The Hall–Kier alpha value is -2.26. The first-order chi connectivity index (χ1) is 11.1. The molecule has 1 aliphatic heterocycles. The van der Waals surface area contributed by atoms with Crippen LogP contribution in [0.4, 0.5) is 5.69 Å². The van der Waals surface area contributed by atoms with Crippen molar-refractivity contribution >= 4 is 23.3 Å². The molecule has 4 heteroatoms. The van der Waals surface area contributed by atoms with E-state index in [1.165, 1.54) is 5.56 Å².